The Hall–Kier alpha value is -0.340. The van der Waals surface area contributed by atoms with Crippen molar-refractivity contribution in [2.24, 2.45) is 34.5 Å². The van der Waals surface area contributed by atoms with E-state index in [9.17, 15) is 0 Å². The van der Waals surface area contributed by atoms with Crippen LogP contribution in [0.15, 0.2) is 12.2 Å². The molecule has 6 atom stereocenters. The van der Waals surface area contributed by atoms with E-state index in [1.54, 1.807) is 0 Å². The van der Waals surface area contributed by atoms with E-state index < -0.39 is 0 Å². The lowest BCUT2D eigenvalue weighted by Gasteiger charge is -2.60. The number of hydrogen-bond donors (Lipinski definition) is 0. The lowest BCUT2D eigenvalue weighted by molar-refractivity contribution is -0.246. The maximum Gasteiger partial charge on any atom is 0.174 e. The summed E-state index contributed by atoms with van der Waals surface area (Å²) >= 11 is 0. The van der Waals surface area contributed by atoms with E-state index in [0.717, 1.165) is 43.3 Å². The SMILES string of the molecule is C[C@]12CC=CC[C@@H]1CCC1[C@@H]2CC[C@@]2(C)[C@H]1CCC21OCCO1. The maximum absolute atomic E-state index is 6.25. The van der Waals surface area contributed by atoms with Crippen LogP contribution in [0.5, 0.6) is 0 Å². The van der Waals surface area contributed by atoms with Crippen LogP contribution in [-0.4, -0.2) is 19.0 Å². The fourth-order valence-electron chi connectivity index (χ4n) is 7.72. The molecule has 0 aromatic heterocycles. The first-order valence-electron chi connectivity index (χ1n) is 10.0. The Morgan fingerprint density at radius 1 is 0.870 bits per heavy atom. The van der Waals surface area contributed by atoms with Gasteiger partial charge in [0.1, 0.15) is 0 Å². The van der Waals surface area contributed by atoms with Crippen LogP contribution in [0.1, 0.15) is 65.2 Å². The molecule has 2 nitrogen and oxygen atoms in total. The molecule has 1 heterocycles. The molecule has 0 radical (unpaired) electrons. The van der Waals surface area contributed by atoms with Crippen LogP contribution in [0.2, 0.25) is 0 Å². The third-order valence-electron chi connectivity index (χ3n) is 9.01. The van der Waals surface area contributed by atoms with Crippen molar-refractivity contribution >= 4 is 0 Å². The number of ether oxygens (including phenoxy) is 2. The van der Waals surface area contributed by atoms with Gasteiger partial charge in [-0.3, -0.25) is 0 Å². The molecule has 1 unspecified atom stereocenters. The molecular weight excluding hydrogens is 284 g/mol. The molecule has 0 N–H and O–H groups in total. The van der Waals surface area contributed by atoms with Gasteiger partial charge >= 0.3 is 0 Å². The van der Waals surface area contributed by atoms with Crippen LogP contribution in [0.25, 0.3) is 0 Å². The molecule has 4 aliphatic carbocycles. The highest BCUT2D eigenvalue weighted by Gasteiger charge is 2.66. The van der Waals surface area contributed by atoms with Gasteiger partial charge in [0.05, 0.1) is 13.2 Å². The summed E-state index contributed by atoms with van der Waals surface area (Å²) in [5.41, 5.74) is 0.824. The summed E-state index contributed by atoms with van der Waals surface area (Å²) in [5, 5.41) is 0. The first kappa shape index (κ1) is 15.0. The second-order valence-electron chi connectivity index (χ2n) is 9.51. The Morgan fingerprint density at radius 3 is 2.48 bits per heavy atom. The summed E-state index contributed by atoms with van der Waals surface area (Å²) in [4.78, 5) is 0. The molecule has 0 aromatic carbocycles. The van der Waals surface area contributed by atoms with Gasteiger partial charge in [0.25, 0.3) is 0 Å². The molecule has 4 fully saturated rings. The molecule has 1 spiro atoms. The van der Waals surface area contributed by atoms with Crippen LogP contribution in [0.3, 0.4) is 0 Å². The minimum Gasteiger partial charge on any atom is -0.347 e. The molecule has 0 amide bonds. The highest BCUT2D eigenvalue weighted by atomic mass is 16.7. The fourth-order valence-corrected chi connectivity index (χ4v) is 7.72. The lowest BCUT2D eigenvalue weighted by atomic mass is 9.45. The Morgan fingerprint density at radius 2 is 1.65 bits per heavy atom. The van der Waals surface area contributed by atoms with E-state index in [0.29, 0.717) is 5.41 Å². The lowest BCUT2D eigenvalue weighted by Crippen LogP contribution is -2.56. The topological polar surface area (TPSA) is 18.5 Å². The third kappa shape index (κ3) is 1.78. The molecule has 23 heavy (non-hydrogen) atoms. The summed E-state index contributed by atoms with van der Waals surface area (Å²) in [6.07, 6.45) is 15.6. The molecule has 5 aliphatic rings. The summed E-state index contributed by atoms with van der Waals surface area (Å²) in [6.45, 7) is 6.73. The van der Waals surface area contributed by atoms with E-state index in [-0.39, 0.29) is 11.2 Å². The van der Waals surface area contributed by atoms with Crippen LogP contribution < -0.4 is 0 Å². The van der Waals surface area contributed by atoms with Crippen LogP contribution >= 0.6 is 0 Å². The quantitative estimate of drug-likeness (QED) is 0.589. The van der Waals surface area contributed by atoms with Crippen molar-refractivity contribution in [3.05, 3.63) is 12.2 Å². The van der Waals surface area contributed by atoms with Crippen molar-refractivity contribution in [3.63, 3.8) is 0 Å². The zero-order chi connectivity index (χ0) is 15.7. The highest BCUT2D eigenvalue weighted by molar-refractivity contribution is 5.14. The monoisotopic (exact) mass is 316 g/mol. The van der Waals surface area contributed by atoms with Crippen molar-refractivity contribution in [2.75, 3.05) is 13.2 Å². The van der Waals surface area contributed by atoms with Crippen molar-refractivity contribution < 1.29 is 9.47 Å². The van der Waals surface area contributed by atoms with Gasteiger partial charge in [-0.05, 0) is 74.0 Å². The second kappa shape index (κ2) is 4.85. The molecule has 0 aromatic rings. The van der Waals surface area contributed by atoms with Crippen molar-refractivity contribution in [1.82, 2.24) is 0 Å². The predicted octanol–water partition coefficient (Wildman–Crippen LogP) is 4.94. The largest absolute Gasteiger partial charge is 0.347 e. The van der Waals surface area contributed by atoms with Gasteiger partial charge in [-0.2, -0.15) is 0 Å². The smallest absolute Gasteiger partial charge is 0.174 e. The van der Waals surface area contributed by atoms with E-state index >= 15 is 0 Å². The first-order valence-corrected chi connectivity index (χ1v) is 10.0. The second-order valence-corrected chi connectivity index (χ2v) is 9.51. The predicted molar refractivity (Wildman–Crippen MR) is 90.9 cm³/mol. The minimum absolute atomic E-state index is 0.229. The number of allylic oxidation sites excluding steroid dienone is 2. The molecule has 1 saturated heterocycles. The zero-order valence-corrected chi connectivity index (χ0v) is 14.9. The zero-order valence-electron chi connectivity index (χ0n) is 14.9. The van der Waals surface area contributed by atoms with E-state index in [4.69, 9.17) is 9.47 Å². The molecule has 2 heteroatoms. The number of hydrogen-bond acceptors (Lipinski definition) is 2. The van der Waals surface area contributed by atoms with Gasteiger partial charge in [-0.15, -0.1) is 0 Å². The van der Waals surface area contributed by atoms with Crippen LogP contribution in [-0.2, 0) is 9.47 Å². The molecular formula is C21H32O2. The Kier molecular flexibility index (Phi) is 3.15. The summed E-state index contributed by atoms with van der Waals surface area (Å²) in [6, 6.07) is 0. The number of fused-ring (bicyclic) bond motifs is 6. The van der Waals surface area contributed by atoms with E-state index in [1.807, 2.05) is 0 Å². The van der Waals surface area contributed by atoms with Gasteiger partial charge in [0.2, 0.25) is 0 Å². The Bertz CT molecular complexity index is 520. The van der Waals surface area contributed by atoms with Crippen molar-refractivity contribution in [1.29, 1.82) is 0 Å². The number of rotatable bonds is 0. The van der Waals surface area contributed by atoms with E-state index in [2.05, 4.69) is 26.0 Å². The van der Waals surface area contributed by atoms with Gasteiger partial charge < -0.3 is 9.47 Å². The van der Waals surface area contributed by atoms with Crippen LogP contribution in [0.4, 0.5) is 0 Å². The normalized spacial score (nSPS) is 53.8. The van der Waals surface area contributed by atoms with Gasteiger partial charge in [0.15, 0.2) is 5.79 Å². The average Bonchev–Trinajstić information content (AvgIpc) is 3.14. The van der Waals surface area contributed by atoms with E-state index in [1.165, 1.54) is 44.9 Å². The molecule has 0 bridgehead atoms. The highest BCUT2D eigenvalue weighted by Crippen LogP contribution is 2.69. The van der Waals surface area contributed by atoms with Crippen LogP contribution in [0, 0.1) is 34.5 Å². The maximum atomic E-state index is 6.25. The van der Waals surface area contributed by atoms with Crippen molar-refractivity contribution in [3.8, 4) is 0 Å². The Labute approximate surface area is 141 Å². The first-order chi connectivity index (χ1) is 11.1. The summed E-state index contributed by atoms with van der Waals surface area (Å²) < 4.78 is 12.5. The molecule has 1 aliphatic heterocycles. The summed E-state index contributed by atoms with van der Waals surface area (Å²) in [7, 11) is 0. The van der Waals surface area contributed by atoms with Crippen molar-refractivity contribution in [2.45, 2.75) is 71.0 Å². The average molecular weight is 316 g/mol. The molecule has 5 rings (SSSR count). The standard InChI is InChI=1S/C21H32O2/c1-19-10-4-3-5-15(19)6-7-16-17(19)8-11-20(2)18(16)9-12-21(20)22-13-14-23-21/h3-4,15-18H,5-14H2,1-2H3/t15-,16?,17+,18+,19+,20+/m1/s1. The Balaban J connectivity index is 1.48. The minimum atomic E-state index is -0.229. The molecule has 128 valence electrons. The molecule has 3 saturated carbocycles. The third-order valence-corrected chi connectivity index (χ3v) is 9.01. The fraction of sp³-hybridized carbons (Fsp3) is 0.905. The summed E-state index contributed by atoms with van der Waals surface area (Å²) in [5.74, 6) is 3.37. The van der Waals surface area contributed by atoms with Gasteiger partial charge in [0, 0.05) is 11.8 Å². The van der Waals surface area contributed by atoms with Gasteiger partial charge in [-0.1, -0.05) is 26.0 Å². The van der Waals surface area contributed by atoms with Gasteiger partial charge in [-0.25, -0.2) is 0 Å².